The molecule has 0 saturated carbocycles. The summed E-state index contributed by atoms with van der Waals surface area (Å²) in [6.07, 6.45) is 5.47. The van der Waals surface area contributed by atoms with Crippen molar-refractivity contribution in [2.45, 2.75) is 24.2 Å². The molecule has 3 heterocycles. The van der Waals surface area contributed by atoms with E-state index in [4.69, 9.17) is 21.1 Å². The molecule has 0 N–H and O–H groups in total. The molecule has 1 saturated heterocycles. The Morgan fingerprint density at radius 2 is 2.07 bits per heavy atom. The maximum atomic E-state index is 12.9. The zero-order valence-corrected chi connectivity index (χ0v) is 16.4. The predicted molar refractivity (Wildman–Crippen MR) is 102 cm³/mol. The lowest BCUT2D eigenvalue weighted by Gasteiger charge is -2.31. The van der Waals surface area contributed by atoms with E-state index in [9.17, 15) is 8.42 Å². The van der Waals surface area contributed by atoms with Crippen molar-refractivity contribution in [1.82, 2.24) is 9.29 Å². The SMILES string of the molecule is O=S(=O)(c1ccc2c(c1)CCO2)N1CCC(COc2ccncc2Cl)CC1. The van der Waals surface area contributed by atoms with Crippen LogP contribution in [0, 0.1) is 5.92 Å². The Hall–Kier alpha value is -1.83. The van der Waals surface area contributed by atoms with E-state index < -0.39 is 10.0 Å². The molecule has 0 atom stereocenters. The van der Waals surface area contributed by atoms with Gasteiger partial charge < -0.3 is 9.47 Å². The largest absolute Gasteiger partial charge is 0.493 e. The number of fused-ring (bicyclic) bond motifs is 1. The lowest BCUT2D eigenvalue weighted by atomic mass is 9.99. The highest BCUT2D eigenvalue weighted by molar-refractivity contribution is 7.89. The number of piperidine rings is 1. The Balaban J connectivity index is 1.36. The normalized spacial score (nSPS) is 18.1. The van der Waals surface area contributed by atoms with Gasteiger partial charge in [-0.3, -0.25) is 4.98 Å². The molecule has 0 bridgehead atoms. The molecule has 4 rings (SSSR count). The molecule has 0 unspecified atom stereocenters. The number of rotatable bonds is 5. The van der Waals surface area contributed by atoms with Gasteiger partial charge in [-0.1, -0.05) is 11.6 Å². The summed E-state index contributed by atoms with van der Waals surface area (Å²) >= 11 is 6.05. The molecule has 0 radical (unpaired) electrons. The van der Waals surface area contributed by atoms with Crippen LogP contribution in [-0.2, 0) is 16.4 Å². The maximum Gasteiger partial charge on any atom is 0.243 e. The van der Waals surface area contributed by atoms with Crippen LogP contribution in [0.2, 0.25) is 5.02 Å². The summed E-state index contributed by atoms with van der Waals surface area (Å²) in [4.78, 5) is 4.29. The number of halogens is 1. The fraction of sp³-hybridized carbons (Fsp3) is 0.421. The molecular weight excluding hydrogens is 388 g/mol. The Kier molecular flexibility index (Phi) is 5.25. The third-order valence-electron chi connectivity index (χ3n) is 5.08. The van der Waals surface area contributed by atoms with Gasteiger partial charge in [-0.15, -0.1) is 0 Å². The van der Waals surface area contributed by atoms with Gasteiger partial charge in [-0.25, -0.2) is 8.42 Å². The minimum absolute atomic E-state index is 0.300. The molecule has 1 aromatic heterocycles. The van der Waals surface area contributed by atoms with Crippen LogP contribution in [0.25, 0.3) is 0 Å². The monoisotopic (exact) mass is 408 g/mol. The molecular formula is C19H21ClN2O4S. The third kappa shape index (κ3) is 3.90. The summed E-state index contributed by atoms with van der Waals surface area (Å²) in [5.74, 6) is 1.70. The molecule has 2 aromatic rings. The van der Waals surface area contributed by atoms with Crippen molar-refractivity contribution >= 4 is 21.6 Å². The first kappa shape index (κ1) is 18.5. The van der Waals surface area contributed by atoms with Gasteiger partial charge in [0.15, 0.2) is 0 Å². The molecule has 1 fully saturated rings. The first-order chi connectivity index (χ1) is 13.0. The maximum absolute atomic E-state index is 12.9. The second kappa shape index (κ2) is 7.66. The van der Waals surface area contributed by atoms with Crippen molar-refractivity contribution in [2.24, 2.45) is 5.92 Å². The van der Waals surface area contributed by atoms with Crippen molar-refractivity contribution in [3.05, 3.63) is 47.2 Å². The molecule has 8 heteroatoms. The van der Waals surface area contributed by atoms with E-state index in [1.807, 2.05) is 0 Å². The van der Waals surface area contributed by atoms with E-state index in [-0.39, 0.29) is 0 Å². The zero-order chi connectivity index (χ0) is 18.9. The van der Waals surface area contributed by atoms with Gasteiger partial charge in [0.05, 0.1) is 18.1 Å². The lowest BCUT2D eigenvalue weighted by molar-refractivity contribution is 0.185. The van der Waals surface area contributed by atoms with Gasteiger partial charge in [-0.2, -0.15) is 4.31 Å². The molecule has 2 aliphatic rings. The molecule has 2 aliphatic heterocycles. The topological polar surface area (TPSA) is 68.7 Å². The number of hydrogen-bond donors (Lipinski definition) is 0. The summed E-state index contributed by atoms with van der Waals surface area (Å²) in [5.41, 5.74) is 0.966. The van der Waals surface area contributed by atoms with Crippen molar-refractivity contribution in [3.63, 3.8) is 0 Å². The minimum Gasteiger partial charge on any atom is -0.493 e. The standard InChI is InChI=1S/C19H21ClN2O4S/c20-17-12-21-7-3-19(17)26-13-14-4-8-22(9-5-14)27(23,24)16-1-2-18-15(11-16)6-10-25-18/h1-3,7,11-12,14H,4-6,8-10,13H2. The van der Waals surface area contributed by atoms with Crippen LogP contribution in [0.15, 0.2) is 41.6 Å². The van der Waals surface area contributed by atoms with Crippen LogP contribution >= 0.6 is 11.6 Å². The first-order valence-electron chi connectivity index (χ1n) is 9.02. The van der Waals surface area contributed by atoms with E-state index in [2.05, 4.69) is 4.98 Å². The van der Waals surface area contributed by atoms with Gasteiger partial charge in [0.1, 0.15) is 16.5 Å². The number of benzene rings is 1. The fourth-order valence-electron chi connectivity index (χ4n) is 3.48. The number of hydrogen-bond acceptors (Lipinski definition) is 5. The van der Waals surface area contributed by atoms with Gasteiger partial charge in [0.25, 0.3) is 0 Å². The lowest BCUT2D eigenvalue weighted by Crippen LogP contribution is -2.39. The van der Waals surface area contributed by atoms with Crippen LogP contribution in [0.5, 0.6) is 11.5 Å². The van der Waals surface area contributed by atoms with E-state index in [1.54, 1.807) is 41.0 Å². The number of nitrogens with zero attached hydrogens (tertiary/aromatic N) is 2. The average molecular weight is 409 g/mol. The molecule has 144 valence electrons. The van der Waals surface area contributed by atoms with Crippen molar-refractivity contribution in [1.29, 1.82) is 0 Å². The number of aromatic nitrogens is 1. The Morgan fingerprint density at radius 1 is 1.26 bits per heavy atom. The van der Waals surface area contributed by atoms with Gasteiger partial charge in [0.2, 0.25) is 10.0 Å². The molecule has 27 heavy (non-hydrogen) atoms. The highest BCUT2D eigenvalue weighted by atomic mass is 35.5. The van der Waals surface area contributed by atoms with Crippen LogP contribution in [0.4, 0.5) is 0 Å². The third-order valence-corrected chi connectivity index (χ3v) is 7.26. The number of pyridine rings is 1. The second-order valence-electron chi connectivity index (χ2n) is 6.83. The molecule has 1 aromatic carbocycles. The second-order valence-corrected chi connectivity index (χ2v) is 9.18. The van der Waals surface area contributed by atoms with Gasteiger partial charge in [-0.05, 0) is 42.5 Å². The summed E-state index contributed by atoms with van der Waals surface area (Å²) in [6, 6.07) is 6.88. The van der Waals surface area contributed by atoms with Crippen LogP contribution in [0.1, 0.15) is 18.4 Å². The highest BCUT2D eigenvalue weighted by Gasteiger charge is 2.30. The molecule has 0 spiro atoms. The summed E-state index contributed by atoms with van der Waals surface area (Å²) in [6.45, 7) is 2.13. The zero-order valence-electron chi connectivity index (χ0n) is 14.8. The van der Waals surface area contributed by atoms with Crippen molar-refractivity contribution < 1.29 is 17.9 Å². The Morgan fingerprint density at radius 3 is 2.85 bits per heavy atom. The fourth-order valence-corrected chi connectivity index (χ4v) is 5.17. The predicted octanol–water partition coefficient (Wildman–Crippen LogP) is 3.15. The average Bonchev–Trinajstić information content (AvgIpc) is 3.15. The summed E-state index contributed by atoms with van der Waals surface area (Å²) in [5, 5.41) is 0.484. The van der Waals surface area contributed by atoms with E-state index >= 15 is 0 Å². The van der Waals surface area contributed by atoms with Gasteiger partial charge in [0, 0.05) is 38.0 Å². The smallest absolute Gasteiger partial charge is 0.243 e. The van der Waals surface area contributed by atoms with E-state index in [0.29, 0.717) is 47.9 Å². The molecule has 0 amide bonds. The van der Waals surface area contributed by atoms with E-state index in [0.717, 1.165) is 30.6 Å². The van der Waals surface area contributed by atoms with E-state index in [1.165, 1.54) is 0 Å². The minimum atomic E-state index is -3.47. The number of ether oxygens (including phenoxy) is 2. The summed E-state index contributed by atoms with van der Waals surface area (Å²) < 4.78 is 38.7. The highest BCUT2D eigenvalue weighted by Crippen LogP contribution is 2.31. The van der Waals surface area contributed by atoms with Crippen molar-refractivity contribution in [2.75, 3.05) is 26.3 Å². The molecule has 6 nitrogen and oxygen atoms in total. The quantitative estimate of drug-likeness (QED) is 0.760. The Labute approximate surface area is 164 Å². The van der Waals surface area contributed by atoms with Crippen molar-refractivity contribution in [3.8, 4) is 11.5 Å². The molecule has 0 aliphatic carbocycles. The van der Waals surface area contributed by atoms with Crippen LogP contribution in [0.3, 0.4) is 0 Å². The Bertz CT molecular complexity index is 927. The van der Waals surface area contributed by atoms with Gasteiger partial charge >= 0.3 is 0 Å². The van der Waals surface area contributed by atoms with Crippen LogP contribution < -0.4 is 9.47 Å². The van der Waals surface area contributed by atoms with Crippen LogP contribution in [-0.4, -0.2) is 44.0 Å². The number of sulfonamides is 1. The first-order valence-corrected chi connectivity index (χ1v) is 10.8. The summed E-state index contributed by atoms with van der Waals surface area (Å²) in [7, 11) is -3.47.